The van der Waals surface area contributed by atoms with Crippen LogP contribution < -0.4 is 0 Å². The third-order valence-corrected chi connectivity index (χ3v) is 3.12. The van der Waals surface area contributed by atoms with Crippen LogP contribution in [0.5, 0.6) is 0 Å². The Morgan fingerprint density at radius 3 is 2.25 bits per heavy atom. The van der Waals surface area contributed by atoms with Gasteiger partial charge in [-0.2, -0.15) is 0 Å². The number of hydrogen-bond donors (Lipinski definition) is 0. The zero-order valence-corrected chi connectivity index (χ0v) is 7.34. The van der Waals surface area contributed by atoms with Crippen molar-refractivity contribution in [3.8, 4) is 0 Å². The lowest BCUT2D eigenvalue weighted by Crippen LogP contribution is -1.90. The van der Waals surface area contributed by atoms with Gasteiger partial charge >= 0.3 is 0 Å². The van der Waals surface area contributed by atoms with Crippen LogP contribution in [0.15, 0.2) is 35.5 Å². The molecule has 0 heterocycles. The summed E-state index contributed by atoms with van der Waals surface area (Å²) in [5.41, 5.74) is 4.57. The first-order chi connectivity index (χ1) is 5.86. The molecule has 0 aliphatic heterocycles. The lowest BCUT2D eigenvalue weighted by Gasteiger charge is -2.04. The summed E-state index contributed by atoms with van der Waals surface area (Å²) in [7, 11) is 0. The second-order valence-corrected chi connectivity index (χ2v) is 4.28. The molecule has 3 aliphatic carbocycles. The number of hydrogen-bond acceptors (Lipinski definition) is 0. The Labute approximate surface area is 73.7 Å². The van der Waals surface area contributed by atoms with Crippen molar-refractivity contribution in [1.29, 1.82) is 0 Å². The normalized spacial score (nSPS) is 28.8. The van der Waals surface area contributed by atoms with E-state index in [4.69, 9.17) is 0 Å². The molecule has 62 valence electrons. The molecule has 0 N–H and O–H groups in total. The molecule has 3 aliphatic rings. The van der Waals surface area contributed by atoms with Gasteiger partial charge in [0.25, 0.3) is 0 Å². The Balaban J connectivity index is 2.00. The van der Waals surface area contributed by atoms with Crippen molar-refractivity contribution in [1.82, 2.24) is 0 Å². The lowest BCUT2D eigenvalue weighted by molar-refractivity contribution is 0.954. The van der Waals surface area contributed by atoms with Gasteiger partial charge in [0, 0.05) is 0 Å². The van der Waals surface area contributed by atoms with Crippen molar-refractivity contribution >= 4 is 0 Å². The molecule has 0 aromatic rings. The van der Waals surface area contributed by atoms with Crippen molar-refractivity contribution in [3.63, 3.8) is 0 Å². The summed E-state index contributed by atoms with van der Waals surface area (Å²) < 4.78 is 0. The maximum Gasteiger partial charge on any atom is -0.0153 e. The van der Waals surface area contributed by atoms with Crippen molar-refractivity contribution in [2.75, 3.05) is 0 Å². The molecule has 0 atom stereocenters. The van der Waals surface area contributed by atoms with E-state index in [9.17, 15) is 0 Å². The molecule has 0 aromatic carbocycles. The molecule has 0 unspecified atom stereocenters. The van der Waals surface area contributed by atoms with Crippen molar-refractivity contribution in [3.05, 3.63) is 35.5 Å². The maximum absolute atomic E-state index is 4.11. The van der Waals surface area contributed by atoms with Crippen molar-refractivity contribution in [2.45, 2.75) is 25.7 Å². The Morgan fingerprint density at radius 2 is 1.67 bits per heavy atom. The Morgan fingerprint density at radius 1 is 1.00 bits per heavy atom. The van der Waals surface area contributed by atoms with Gasteiger partial charge in [0.15, 0.2) is 0 Å². The molecule has 0 bridgehead atoms. The predicted octanol–water partition coefficient (Wildman–Crippen LogP) is 3.23. The first-order valence-corrected chi connectivity index (χ1v) is 4.97. The quantitative estimate of drug-likeness (QED) is 0.578. The van der Waals surface area contributed by atoms with Gasteiger partial charge in [-0.05, 0) is 54.2 Å². The van der Waals surface area contributed by atoms with Crippen LogP contribution in [0.4, 0.5) is 0 Å². The second kappa shape index (κ2) is 2.12. The fourth-order valence-electron chi connectivity index (χ4n) is 2.18. The average molecular weight is 158 g/mol. The topological polar surface area (TPSA) is 0 Å². The summed E-state index contributed by atoms with van der Waals surface area (Å²) in [6.45, 7) is 4.11. The molecule has 0 spiro atoms. The highest BCUT2D eigenvalue weighted by Gasteiger charge is 2.36. The summed E-state index contributed by atoms with van der Waals surface area (Å²) in [6, 6.07) is 0. The Hall–Kier alpha value is -0.780. The van der Waals surface area contributed by atoms with Gasteiger partial charge in [-0.25, -0.2) is 0 Å². The molecule has 2 saturated carbocycles. The van der Waals surface area contributed by atoms with Gasteiger partial charge in [-0.3, -0.25) is 0 Å². The third-order valence-electron chi connectivity index (χ3n) is 3.12. The molecule has 3 rings (SSSR count). The van der Waals surface area contributed by atoms with E-state index in [-0.39, 0.29) is 0 Å². The van der Waals surface area contributed by atoms with Gasteiger partial charge in [-0.15, -0.1) is 0 Å². The first-order valence-electron chi connectivity index (χ1n) is 4.97. The van der Waals surface area contributed by atoms with E-state index >= 15 is 0 Å². The van der Waals surface area contributed by atoms with E-state index in [1.54, 1.807) is 11.1 Å². The molecule has 0 heteroatoms. The minimum absolute atomic E-state index is 0.892. The van der Waals surface area contributed by atoms with Gasteiger partial charge in [-0.1, -0.05) is 18.7 Å². The van der Waals surface area contributed by atoms with E-state index in [2.05, 4.69) is 18.7 Å². The summed E-state index contributed by atoms with van der Waals surface area (Å²) >= 11 is 0. The van der Waals surface area contributed by atoms with E-state index in [0.717, 1.165) is 11.8 Å². The van der Waals surface area contributed by atoms with Crippen LogP contribution >= 0.6 is 0 Å². The highest BCUT2D eigenvalue weighted by molar-refractivity contribution is 5.56. The van der Waals surface area contributed by atoms with E-state index in [1.807, 2.05) is 0 Å². The highest BCUT2D eigenvalue weighted by Crippen LogP contribution is 2.50. The van der Waals surface area contributed by atoms with Crippen LogP contribution in [0.2, 0.25) is 0 Å². The fraction of sp³-hybridized carbons (Fsp3) is 0.500. The molecule has 0 saturated heterocycles. The van der Waals surface area contributed by atoms with Crippen LogP contribution in [0.1, 0.15) is 25.7 Å². The van der Waals surface area contributed by atoms with Crippen LogP contribution in [0.25, 0.3) is 0 Å². The molecule has 2 fully saturated rings. The zero-order valence-electron chi connectivity index (χ0n) is 7.34. The van der Waals surface area contributed by atoms with Crippen LogP contribution in [-0.4, -0.2) is 0 Å². The molecule has 0 nitrogen and oxygen atoms in total. The molecular formula is C12H14. The molecular weight excluding hydrogens is 144 g/mol. The van der Waals surface area contributed by atoms with Gasteiger partial charge < -0.3 is 0 Å². The highest BCUT2D eigenvalue weighted by atomic mass is 14.4. The van der Waals surface area contributed by atoms with Crippen LogP contribution in [0.3, 0.4) is 0 Å². The molecule has 0 radical (unpaired) electrons. The predicted molar refractivity (Wildman–Crippen MR) is 50.8 cm³/mol. The fourth-order valence-corrected chi connectivity index (χ4v) is 2.18. The van der Waals surface area contributed by atoms with Gasteiger partial charge in [0.1, 0.15) is 0 Å². The summed E-state index contributed by atoms with van der Waals surface area (Å²) in [5, 5.41) is 0. The maximum atomic E-state index is 4.11. The minimum Gasteiger partial charge on any atom is -0.0915 e. The summed E-state index contributed by atoms with van der Waals surface area (Å²) in [6.07, 6.45) is 10.2. The van der Waals surface area contributed by atoms with Gasteiger partial charge in [0.2, 0.25) is 0 Å². The van der Waals surface area contributed by atoms with Gasteiger partial charge in [0.05, 0.1) is 0 Å². The lowest BCUT2D eigenvalue weighted by atomic mass is 10.00. The monoisotopic (exact) mass is 158 g/mol. The summed E-state index contributed by atoms with van der Waals surface area (Å²) in [4.78, 5) is 0. The third kappa shape index (κ3) is 0.906. The SMILES string of the molecule is C=C1C=CC(C2CC2)=C1C1CC1. The van der Waals surface area contributed by atoms with E-state index < -0.39 is 0 Å². The smallest absolute Gasteiger partial charge is 0.0153 e. The zero-order chi connectivity index (χ0) is 8.13. The molecule has 0 aromatic heterocycles. The number of allylic oxidation sites excluding steroid dienone is 5. The van der Waals surface area contributed by atoms with Crippen LogP contribution in [-0.2, 0) is 0 Å². The Kier molecular flexibility index (Phi) is 1.19. The van der Waals surface area contributed by atoms with E-state index in [1.165, 1.54) is 31.3 Å². The molecule has 0 amide bonds. The minimum atomic E-state index is 0.892. The number of rotatable bonds is 2. The van der Waals surface area contributed by atoms with Crippen molar-refractivity contribution in [2.24, 2.45) is 11.8 Å². The first kappa shape index (κ1) is 6.71. The second-order valence-electron chi connectivity index (χ2n) is 4.28. The van der Waals surface area contributed by atoms with Crippen LogP contribution in [0, 0.1) is 11.8 Å². The van der Waals surface area contributed by atoms with Crippen molar-refractivity contribution < 1.29 is 0 Å². The largest absolute Gasteiger partial charge is 0.0915 e. The Bertz CT molecular complexity index is 282. The standard InChI is InChI=1S/C12H14/c1-8-2-7-11(9-3-4-9)12(8)10-5-6-10/h2,7,9-10H,1,3-6H2. The van der Waals surface area contributed by atoms with E-state index in [0.29, 0.717) is 0 Å². The average Bonchev–Trinajstić information content (AvgIpc) is 2.93. The molecule has 12 heavy (non-hydrogen) atoms. The summed E-state index contributed by atoms with van der Waals surface area (Å²) in [5.74, 6) is 1.80.